The molecule has 4 heteroatoms. The highest BCUT2D eigenvalue weighted by atomic mass is 16.2. The van der Waals surface area contributed by atoms with Crippen molar-refractivity contribution in [1.82, 2.24) is 4.90 Å². The van der Waals surface area contributed by atoms with Crippen molar-refractivity contribution >= 4 is 11.6 Å². The summed E-state index contributed by atoms with van der Waals surface area (Å²) in [4.78, 5) is 15.8. The Balaban J connectivity index is 2.69. The number of hydrogen-bond acceptors (Lipinski definition) is 3. The standard InChI is InChI=1S/C14H23N3O/c1-4-17(5-2)14(18)11-16(3)13-8-6-7-12(9-13)10-15/h6-9H,4-5,10-11,15H2,1-3H3. The molecule has 0 bridgehead atoms. The van der Waals surface area contributed by atoms with Gasteiger partial charge in [-0.25, -0.2) is 0 Å². The van der Waals surface area contributed by atoms with Crippen LogP contribution in [0.3, 0.4) is 0 Å². The minimum Gasteiger partial charge on any atom is -0.365 e. The third kappa shape index (κ3) is 3.74. The molecule has 0 saturated heterocycles. The molecule has 0 atom stereocenters. The quantitative estimate of drug-likeness (QED) is 0.830. The molecule has 0 aliphatic heterocycles. The minimum atomic E-state index is 0.153. The molecule has 0 aliphatic rings. The summed E-state index contributed by atoms with van der Waals surface area (Å²) in [6.07, 6.45) is 0. The predicted octanol–water partition coefficient (Wildman–Crippen LogP) is 1.45. The van der Waals surface area contributed by atoms with Crippen LogP contribution in [0.25, 0.3) is 0 Å². The highest BCUT2D eigenvalue weighted by Gasteiger charge is 2.12. The first-order valence-corrected chi connectivity index (χ1v) is 6.40. The number of amides is 1. The maximum atomic E-state index is 12.0. The number of anilines is 1. The molecule has 0 spiro atoms. The van der Waals surface area contributed by atoms with E-state index in [1.807, 2.05) is 55.0 Å². The van der Waals surface area contributed by atoms with Crippen molar-refractivity contribution in [3.05, 3.63) is 29.8 Å². The van der Waals surface area contributed by atoms with Gasteiger partial charge in [0.1, 0.15) is 0 Å². The summed E-state index contributed by atoms with van der Waals surface area (Å²) >= 11 is 0. The van der Waals surface area contributed by atoms with Crippen LogP contribution in [0, 0.1) is 0 Å². The van der Waals surface area contributed by atoms with Gasteiger partial charge >= 0.3 is 0 Å². The average Bonchev–Trinajstić information content (AvgIpc) is 2.40. The topological polar surface area (TPSA) is 49.6 Å². The molecule has 0 aromatic heterocycles. The van der Waals surface area contributed by atoms with E-state index < -0.39 is 0 Å². The van der Waals surface area contributed by atoms with E-state index in [9.17, 15) is 4.79 Å². The van der Waals surface area contributed by atoms with Gasteiger partial charge in [0.2, 0.25) is 5.91 Å². The molecular weight excluding hydrogens is 226 g/mol. The van der Waals surface area contributed by atoms with Crippen molar-refractivity contribution in [3.63, 3.8) is 0 Å². The summed E-state index contributed by atoms with van der Waals surface area (Å²) in [5, 5.41) is 0. The van der Waals surface area contributed by atoms with Gasteiger partial charge in [0.25, 0.3) is 0 Å². The molecule has 4 nitrogen and oxygen atoms in total. The first-order valence-electron chi connectivity index (χ1n) is 6.40. The fourth-order valence-electron chi connectivity index (χ4n) is 1.89. The van der Waals surface area contributed by atoms with Gasteiger partial charge in [-0.2, -0.15) is 0 Å². The zero-order valence-corrected chi connectivity index (χ0v) is 11.5. The molecule has 0 aliphatic carbocycles. The van der Waals surface area contributed by atoms with Crippen molar-refractivity contribution in [2.75, 3.05) is 31.6 Å². The van der Waals surface area contributed by atoms with Gasteiger partial charge in [-0.1, -0.05) is 12.1 Å². The van der Waals surface area contributed by atoms with Gasteiger partial charge in [0.05, 0.1) is 6.54 Å². The zero-order valence-electron chi connectivity index (χ0n) is 11.5. The molecule has 1 amide bonds. The normalized spacial score (nSPS) is 10.2. The molecule has 0 saturated carbocycles. The fourth-order valence-corrected chi connectivity index (χ4v) is 1.89. The molecule has 18 heavy (non-hydrogen) atoms. The lowest BCUT2D eigenvalue weighted by Crippen LogP contribution is -2.38. The lowest BCUT2D eigenvalue weighted by atomic mass is 10.2. The van der Waals surface area contributed by atoms with Gasteiger partial charge in [-0.15, -0.1) is 0 Å². The zero-order chi connectivity index (χ0) is 13.5. The molecule has 0 radical (unpaired) electrons. The molecule has 0 heterocycles. The monoisotopic (exact) mass is 249 g/mol. The van der Waals surface area contributed by atoms with Gasteiger partial charge in [0.15, 0.2) is 0 Å². The number of carbonyl (C=O) groups is 1. The van der Waals surface area contributed by atoms with Crippen LogP contribution in [0.4, 0.5) is 5.69 Å². The predicted molar refractivity (Wildman–Crippen MR) is 75.5 cm³/mol. The SMILES string of the molecule is CCN(CC)C(=O)CN(C)c1cccc(CN)c1. The maximum absolute atomic E-state index is 12.0. The Morgan fingerprint density at radius 2 is 1.94 bits per heavy atom. The highest BCUT2D eigenvalue weighted by Crippen LogP contribution is 2.14. The third-order valence-corrected chi connectivity index (χ3v) is 3.08. The van der Waals surface area contributed by atoms with Crippen molar-refractivity contribution in [3.8, 4) is 0 Å². The van der Waals surface area contributed by atoms with Crippen molar-refractivity contribution in [2.24, 2.45) is 5.73 Å². The van der Waals surface area contributed by atoms with Crippen LogP contribution < -0.4 is 10.6 Å². The molecule has 1 aromatic carbocycles. The van der Waals surface area contributed by atoms with Gasteiger partial charge in [-0.05, 0) is 31.5 Å². The van der Waals surface area contributed by atoms with E-state index in [1.165, 1.54) is 0 Å². The smallest absolute Gasteiger partial charge is 0.242 e. The molecule has 2 N–H and O–H groups in total. The molecule has 100 valence electrons. The third-order valence-electron chi connectivity index (χ3n) is 3.08. The molecule has 0 fully saturated rings. The first kappa shape index (κ1) is 14.5. The molecule has 0 unspecified atom stereocenters. The summed E-state index contributed by atoms with van der Waals surface area (Å²) in [6.45, 7) is 6.42. The lowest BCUT2D eigenvalue weighted by Gasteiger charge is -2.24. The summed E-state index contributed by atoms with van der Waals surface area (Å²) < 4.78 is 0. The Morgan fingerprint density at radius 1 is 1.28 bits per heavy atom. The van der Waals surface area contributed by atoms with Crippen LogP contribution in [0.5, 0.6) is 0 Å². The van der Waals surface area contributed by atoms with E-state index in [4.69, 9.17) is 5.73 Å². The van der Waals surface area contributed by atoms with E-state index in [2.05, 4.69) is 0 Å². The van der Waals surface area contributed by atoms with Gasteiger partial charge in [0, 0.05) is 32.4 Å². The minimum absolute atomic E-state index is 0.153. The van der Waals surface area contributed by atoms with E-state index in [0.29, 0.717) is 13.1 Å². The van der Waals surface area contributed by atoms with E-state index >= 15 is 0 Å². The largest absolute Gasteiger partial charge is 0.365 e. The van der Waals surface area contributed by atoms with E-state index in [-0.39, 0.29) is 5.91 Å². The second kappa shape index (κ2) is 7.01. The van der Waals surface area contributed by atoms with E-state index in [0.717, 1.165) is 24.3 Å². The van der Waals surface area contributed by atoms with Gasteiger partial charge < -0.3 is 15.5 Å². The van der Waals surface area contributed by atoms with Crippen LogP contribution in [-0.2, 0) is 11.3 Å². The maximum Gasteiger partial charge on any atom is 0.242 e. The van der Waals surface area contributed by atoms with E-state index in [1.54, 1.807) is 0 Å². The molecule has 1 aromatic rings. The van der Waals surface area contributed by atoms with Gasteiger partial charge in [-0.3, -0.25) is 4.79 Å². The number of nitrogens with zero attached hydrogens (tertiary/aromatic N) is 2. The van der Waals surface area contributed by atoms with Crippen molar-refractivity contribution in [2.45, 2.75) is 20.4 Å². The number of benzene rings is 1. The number of likely N-dealkylation sites (N-methyl/N-ethyl adjacent to an activating group) is 2. The second-order valence-electron chi connectivity index (χ2n) is 4.30. The second-order valence-corrected chi connectivity index (χ2v) is 4.30. The molecular formula is C14H23N3O. The average molecular weight is 249 g/mol. The Bertz CT molecular complexity index is 388. The lowest BCUT2D eigenvalue weighted by molar-refractivity contribution is -0.129. The Kier molecular flexibility index (Phi) is 5.65. The Hall–Kier alpha value is -1.55. The summed E-state index contributed by atoms with van der Waals surface area (Å²) in [7, 11) is 1.93. The van der Waals surface area contributed by atoms with Crippen LogP contribution in [0.1, 0.15) is 19.4 Å². The Morgan fingerprint density at radius 3 is 2.50 bits per heavy atom. The highest BCUT2D eigenvalue weighted by molar-refractivity contribution is 5.81. The number of hydrogen-bond donors (Lipinski definition) is 1. The number of rotatable bonds is 6. The Labute approximate surface area is 109 Å². The van der Waals surface area contributed by atoms with Crippen molar-refractivity contribution < 1.29 is 4.79 Å². The molecule has 1 rings (SSSR count). The van der Waals surface area contributed by atoms with Crippen LogP contribution in [0.15, 0.2) is 24.3 Å². The fraction of sp³-hybridized carbons (Fsp3) is 0.500. The summed E-state index contributed by atoms with van der Waals surface area (Å²) in [5.74, 6) is 0.153. The first-order chi connectivity index (χ1) is 8.62. The summed E-state index contributed by atoms with van der Waals surface area (Å²) in [5.41, 5.74) is 7.72. The van der Waals surface area contributed by atoms with Crippen LogP contribution in [0.2, 0.25) is 0 Å². The number of nitrogens with two attached hydrogens (primary N) is 1. The van der Waals surface area contributed by atoms with Crippen molar-refractivity contribution in [1.29, 1.82) is 0 Å². The summed E-state index contributed by atoms with van der Waals surface area (Å²) in [6, 6.07) is 7.98. The number of carbonyl (C=O) groups excluding carboxylic acids is 1. The van der Waals surface area contributed by atoms with Crippen LogP contribution >= 0.6 is 0 Å². The van der Waals surface area contributed by atoms with Crippen LogP contribution in [-0.4, -0.2) is 37.5 Å².